The summed E-state index contributed by atoms with van der Waals surface area (Å²) in [6.07, 6.45) is 0. The lowest BCUT2D eigenvalue weighted by Crippen LogP contribution is -2.35. The van der Waals surface area contributed by atoms with E-state index in [1.165, 1.54) is 0 Å². The summed E-state index contributed by atoms with van der Waals surface area (Å²) < 4.78 is 12.0. The van der Waals surface area contributed by atoms with Gasteiger partial charge in [-0.2, -0.15) is 0 Å². The van der Waals surface area contributed by atoms with Crippen LogP contribution in [0.2, 0.25) is 0 Å². The van der Waals surface area contributed by atoms with E-state index in [-0.39, 0.29) is 12.7 Å². The van der Waals surface area contributed by atoms with Crippen LogP contribution in [-0.4, -0.2) is 19.3 Å². The second-order valence-corrected chi connectivity index (χ2v) is 2.56. The number of hydrogen-bond donors (Lipinski definition) is 1. The van der Waals surface area contributed by atoms with E-state index >= 15 is 0 Å². The molecule has 0 heterocycles. The summed E-state index contributed by atoms with van der Waals surface area (Å²) in [5.41, 5.74) is 0. The molecule has 0 aliphatic carbocycles. The summed E-state index contributed by atoms with van der Waals surface area (Å²) >= 11 is 0. The van der Waals surface area contributed by atoms with Gasteiger partial charge in [-0.1, -0.05) is 20.8 Å². The van der Waals surface area contributed by atoms with E-state index in [1.807, 2.05) is 20.8 Å². The highest BCUT2D eigenvalue weighted by Crippen LogP contribution is 2.00. The predicted octanol–water partition coefficient (Wildman–Crippen LogP) is 1.59. The first-order valence-corrected chi connectivity index (χ1v) is 3.51. The first-order valence-electron chi connectivity index (χ1n) is 3.51. The van der Waals surface area contributed by atoms with E-state index in [1.54, 1.807) is 0 Å². The van der Waals surface area contributed by atoms with Crippen LogP contribution in [0.3, 0.4) is 0 Å². The summed E-state index contributed by atoms with van der Waals surface area (Å²) in [6.45, 7) is 6.63. The van der Waals surface area contributed by atoms with Crippen LogP contribution in [0.25, 0.3) is 0 Å². The minimum atomic E-state index is -0.258. The predicted molar refractivity (Wildman–Crippen MR) is 38.3 cm³/mol. The van der Waals surface area contributed by atoms with Crippen LogP contribution in [-0.2, 0) is 0 Å². The minimum Gasteiger partial charge on any atom is -0.311 e. The van der Waals surface area contributed by atoms with Crippen LogP contribution < -0.4 is 5.32 Å². The zero-order valence-corrected chi connectivity index (χ0v) is 6.45. The van der Waals surface area contributed by atoms with Gasteiger partial charge in [-0.3, -0.25) is 0 Å². The molecule has 0 saturated heterocycles. The average Bonchev–Trinajstić information content (AvgIpc) is 1.82. The van der Waals surface area contributed by atoms with E-state index in [0.29, 0.717) is 5.92 Å². The Morgan fingerprint density at radius 3 is 2.11 bits per heavy atom. The Balaban J connectivity index is 3.41. The van der Waals surface area contributed by atoms with E-state index in [4.69, 9.17) is 0 Å². The summed E-state index contributed by atoms with van der Waals surface area (Å²) in [5.74, 6) is 0.398. The average molecular weight is 133 g/mol. The smallest absolute Gasteiger partial charge is 0.105 e. The lowest BCUT2D eigenvalue weighted by Gasteiger charge is -2.17. The highest BCUT2D eigenvalue weighted by atomic mass is 19.1. The van der Waals surface area contributed by atoms with Crippen LogP contribution >= 0.6 is 0 Å². The number of nitrogens with one attached hydrogen (secondary N) is 1. The van der Waals surface area contributed by atoms with Crippen LogP contribution in [0.5, 0.6) is 0 Å². The van der Waals surface area contributed by atoms with Gasteiger partial charge in [-0.25, -0.2) is 4.39 Å². The Hall–Kier alpha value is -0.110. The molecule has 0 radical (unpaired) electrons. The maximum absolute atomic E-state index is 12.0. The SMILES string of the molecule is CCNC(CF)C(C)C. The molecular weight excluding hydrogens is 117 g/mol. The van der Waals surface area contributed by atoms with Crippen molar-refractivity contribution in [3.05, 3.63) is 0 Å². The molecule has 0 aliphatic rings. The molecule has 0 bridgehead atoms. The molecule has 0 rings (SSSR count). The molecule has 0 aromatic rings. The van der Waals surface area contributed by atoms with Crippen molar-refractivity contribution in [3.8, 4) is 0 Å². The van der Waals surface area contributed by atoms with Crippen molar-refractivity contribution < 1.29 is 4.39 Å². The van der Waals surface area contributed by atoms with Crippen molar-refractivity contribution in [1.82, 2.24) is 5.32 Å². The lowest BCUT2D eigenvalue weighted by molar-refractivity contribution is 0.315. The molecule has 9 heavy (non-hydrogen) atoms. The van der Waals surface area contributed by atoms with Gasteiger partial charge < -0.3 is 5.32 Å². The highest BCUT2D eigenvalue weighted by molar-refractivity contribution is 4.67. The standard InChI is InChI=1S/C7H16FN/c1-4-9-7(5-8)6(2)3/h6-7,9H,4-5H2,1-3H3. The molecule has 1 atom stereocenters. The first-order chi connectivity index (χ1) is 4.22. The van der Waals surface area contributed by atoms with E-state index in [0.717, 1.165) is 6.54 Å². The molecule has 1 nitrogen and oxygen atoms in total. The fourth-order valence-corrected chi connectivity index (χ4v) is 0.731. The largest absolute Gasteiger partial charge is 0.311 e. The van der Waals surface area contributed by atoms with Gasteiger partial charge in [0.15, 0.2) is 0 Å². The zero-order chi connectivity index (χ0) is 7.28. The van der Waals surface area contributed by atoms with Gasteiger partial charge in [0.1, 0.15) is 6.67 Å². The van der Waals surface area contributed by atoms with Gasteiger partial charge in [-0.15, -0.1) is 0 Å². The Bertz CT molecular complexity index is 63.9. The van der Waals surface area contributed by atoms with Crippen LogP contribution in [0.4, 0.5) is 4.39 Å². The Morgan fingerprint density at radius 1 is 1.44 bits per heavy atom. The second-order valence-electron chi connectivity index (χ2n) is 2.56. The fraction of sp³-hybridized carbons (Fsp3) is 1.00. The molecule has 0 fully saturated rings. The molecule has 1 N–H and O–H groups in total. The molecule has 0 aliphatic heterocycles. The Labute approximate surface area is 56.6 Å². The second kappa shape index (κ2) is 4.74. The Kier molecular flexibility index (Phi) is 4.68. The van der Waals surface area contributed by atoms with E-state index < -0.39 is 0 Å². The van der Waals surface area contributed by atoms with E-state index in [2.05, 4.69) is 5.32 Å². The fourth-order valence-electron chi connectivity index (χ4n) is 0.731. The molecule has 0 aromatic carbocycles. The molecule has 0 aromatic heterocycles. The summed E-state index contributed by atoms with van der Waals surface area (Å²) in [6, 6.07) is 0.0509. The van der Waals surface area contributed by atoms with Gasteiger partial charge >= 0.3 is 0 Å². The quantitative estimate of drug-likeness (QED) is 0.614. The summed E-state index contributed by atoms with van der Waals surface area (Å²) in [7, 11) is 0. The van der Waals surface area contributed by atoms with Gasteiger partial charge in [0, 0.05) is 6.04 Å². The molecule has 0 saturated carbocycles. The molecule has 56 valence electrons. The van der Waals surface area contributed by atoms with Crippen LogP contribution in [0.15, 0.2) is 0 Å². The van der Waals surface area contributed by atoms with E-state index in [9.17, 15) is 4.39 Å². The number of rotatable bonds is 4. The molecular formula is C7H16FN. The van der Waals surface area contributed by atoms with Gasteiger partial charge in [0.2, 0.25) is 0 Å². The first kappa shape index (κ1) is 8.89. The number of halogens is 1. The number of hydrogen-bond acceptors (Lipinski definition) is 1. The normalized spacial score (nSPS) is 14.3. The highest BCUT2D eigenvalue weighted by Gasteiger charge is 2.09. The van der Waals surface area contributed by atoms with Crippen LogP contribution in [0, 0.1) is 5.92 Å². The van der Waals surface area contributed by atoms with Crippen LogP contribution in [0.1, 0.15) is 20.8 Å². The van der Waals surface area contributed by atoms with Crippen molar-refractivity contribution in [2.45, 2.75) is 26.8 Å². The summed E-state index contributed by atoms with van der Waals surface area (Å²) in [5, 5.41) is 3.06. The lowest BCUT2D eigenvalue weighted by atomic mass is 10.1. The molecule has 1 unspecified atom stereocenters. The van der Waals surface area contributed by atoms with Gasteiger partial charge in [0.25, 0.3) is 0 Å². The van der Waals surface area contributed by atoms with Gasteiger partial charge in [0.05, 0.1) is 0 Å². The maximum Gasteiger partial charge on any atom is 0.105 e. The van der Waals surface area contributed by atoms with Crippen molar-refractivity contribution in [1.29, 1.82) is 0 Å². The third-order valence-corrected chi connectivity index (χ3v) is 1.44. The molecule has 2 heteroatoms. The molecule has 0 amide bonds. The van der Waals surface area contributed by atoms with Crippen molar-refractivity contribution >= 4 is 0 Å². The summed E-state index contributed by atoms with van der Waals surface area (Å²) in [4.78, 5) is 0. The topological polar surface area (TPSA) is 12.0 Å². The number of alkyl halides is 1. The van der Waals surface area contributed by atoms with Crippen molar-refractivity contribution in [2.24, 2.45) is 5.92 Å². The van der Waals surface area contributed by atoms with Crippen molar-refractivity contribution in [3.63, 3.8) is 0 Å². The zero-order valence-electron chi connectivity index (χ0n) is 6.45. The molecule has 0 spiro atoms. The van der Waals surface area contributed by atoms with Crippen molar-refractivity contribution in [2.75, 3.05) is 13.2 Å². The minimum absolute atomic E-state index is 0.0509. The Morgan fingerprint density at radius 2 is 2.00 bits per heavy atom. The van der Waals surface area contributed by atoms with Gasteiger partial charge in [-0.05, 0) is 12.5 Å². The maximum atomic E-state index is 12.0. The third-order valence-electron chi connectivity index (χ3n) is 1.44. The third kappa shape index (κ3) is 3.46. The monoisotopic (exact) mass is 133 g/mol.